The van der Waals surface area contributed by atoms with Crippen molar-refractivity contribution in [3.63, 3.8) is 0 Å². The number of oxime groups is 1. The maximum atomic E-state index is 12.1. The molecule has 7 heteroatoms. The van der Waals surface area contributed by atoms with Crippen molar-refractivity contribution in [3.05, 3.63) is 63.6 Å². The van der Waals surface area contributed by atoms with Crippen LogP contribution in [0.25, 0.3) is 0 Å². The first kappa shape index (κ1) is 17.1. The highest BCUT2D eigenvalue weighted by atomic mass is 35.5. The summed E-state index contributed by atoms with van der Waals surface area (Å²) in [5.41, 5.74) is 6.46. The van der Waals surface area contributed by atoms with Gasteiger partial charge in [0.2, 0.25) is 0 Å². The highest BCUT2D eigenvalue weighted by Gasteiger charge is 2.14. The number of nitrogens with two attached hydrogens (primary N) is 1. The fraction of sp³-hybridized carbons (Fsp3) is 0.125. The third-order valence-corrected chi connectivity index (χ3v) is 3.39. The zero-order chi connectivity index (χ0) is 16.8. The average Bonchev–Trinajstić information content (AvgIpc) is 2.53. The van der Waals surface area contributed by atoms with Crippen LogP contribution in [-0.2, 0) is 4.84 Å². The first-order valence-electron chi connectivity index (χ1n) is 6.75. The zero-order valence-corrected chi connectivity index (χ0v) is 13.8. The van der Waals surface area contributed by atoms with Gasteiger partial charge in [0, 0.05) is 10.6 Å². The van der Waals surface area contributed by atoms with Crippen molar-refractivity contribution in [1.82, 2.24) is 0 Å². The van der Waals surface area contributed by atoms with Crippen molar-refractivity contribution in [3.8, 4) is 5.75 Å². The van der Waals surface area contributed by atoms with E-state index in [1.54, 1.807) is 36.4 Å². The number of halogens is 2. The van der Waals surface area contributed by atoms with Crippen LogP contribution >= 0.6 is 23.2 Å². The lowest BCUT2D eigenvalue weighted by Gasteiger charge is -2.08. The molecule has 0 saturated carbocycles. The molecule has 0 aromatic heterocycles. The molecule has 0 spiro atoms. The smallest absolute Gasteiger partial charge is 0.369 e. The Balaban J connectivity index is 2.17. The first-order chi connectivity index (χ1) is 11.0. The number of carbonyl (C=O) groups is 1. The number of ether oxygens (including phenoxy) is 1. The van der Waals surface area contributed by atoms with Crippen molar-refractivity contribution in [1.29, 1.82) is 0 Å². The topological polar surface area (TPSA) is 73.9 Å². The monoisotopic (exact) mass is 352 g/mol. The molecule has 0 fully saturated rings. The summed E-state index contributed by atoms with van der Waals surface area (Å²) in [6.45, 7) is 2.25. The second-order valence-corrected chi connectivity index (χ2v) is 5.25. The summed E-state index contributed by atoms with van der Waals surface area (Å²) in [4.78, 5) is 17.0. The van der Waals surface area contributed by atoms with Gasteiger partial charge < -0.3 is 15.3 Å². The van der Waals surface area contributed by atoms with Crippen LogP contribution in [0.4, 0.5) is 0 Å². The molecule has 23 heavy (non-hydrogen) atoms. The molecular weight excluding hydrogens is 339 g/mol. The van der Waals surface area contributed by atoms with E-state index in [1.807, 2.05) is 6.92 Å². The second-order valence-electron chi connectivity index (χ2n) is 4.41. The minimum Gasteiger partial charge on any atom is -0.493 e. The lowest BCUT2D eigenvalue weighted by Crippen LogP contribution is -2.16. The van der Waals surface area contributed by atoms with Gasteiger partial charge in [0.25, 0.3) is 0 Å². The van der Waals surface area contributed by atoms with Gasteiger partial charge in [0.15, 0.2) is 5.84 Å². The molecule has 120 valence electrons. The SMILES string of the molecule is CCOc1ccccc1C(=O)O/N=C(\N)c1ccc(Cl)cc1Cl. The second kappa shape index (κ2) is 7.85. The molecule has 2 rings (SSSR count). The molecule has 0 aliphatic rings. The van der Waals surface area contributed by atoms with Crippen LogP contribution in [0.3, 0.4) is 0 Å². The molecule has 0 heterocycles. The van der Waals surface area contributed by atoms with Crippen LogP contribution in [-0.4, -0.2) is 18.4 Å². The van der Waals surface area contributed by atoms with Crippen molar-refractivity contribution in [2.45, 2.75) is 6.92 Å². The molecule has 0 aliphatic carbocycles. The number of hydrogen-bond donors (Lipinski definition) is 1. The van der Waals surface area contributed by atoms with Gasteiger partial charge in [-0.1, -0.05) is 40.5 Å². The van der Waals surface area contributed by atoms with Crippen molar-refractivity contribution < 1.29 is 14.4 Å². The lowest BCUT2D eigenvalue weighted by atomic mass is 10.2. The van der Waals surface area contributed by atoms with Crippen LogP contribution < -0.4 is 10.5 Å². The quantitative estimate of drug-likeness (QED) is 0.383. The third kappa shape index (κ3) is 4.37. The predicted molar refractivity (Wildman–Crippen MR) is 90.2 cm³/mol. The summed E-state index contributed by atoms with van der Waals surface area (Å²) in [7, 11) is 0. The normalized spacial score (nSPS) is 11.2. The number of hydrogen-bond acceptors (Lipinski definition) is 4. The molecule has 0 unspecified atom stereocenters. The predicted octanol–water partition coefficient (Wildman–Crippen LogP) is 3.87. The Labute approximate surface area is 143 Å². The minimum atomic E-state index is -0.679. The van der Waals surface area contributed by atoms with Gasteiger partial charge in [0.1, 0.15) is 11.3 Å². The highest BCUT2D eigenvalue weighted by Crippen LogP contribution is 2.21. The Morgan fingerprint density at radius 3 is 2.61 bits per heavy atom. The Morgan fingerprint density at radius 2 is 1.91 bits per heavy atom. The van der Waals surface area contributed by atoms with Crippen molar-refractivity contribution in [2.24, 2.45) is 10.9 Å². The van der Waals surface area contributed by atoms with Crippen molar-refractivity contribution >= 4 is 35.0 Å². The van der Waals surface area contributed by atoms with Crippen molar-refractivity contribution in [2.75, 3.05) is 6.61 Å². The van der Waals surface area contributed by atoms with E-state index < -0.39 is 5.97 Å². The van der Waals surface area contributed by atoms with Gasteiger partial charge in [-0.05, 0) is 37.3 Å². The Bertz CT molecular complexity index is 748. The fourth-order valence-corrected chi connectivity index (χ4v) is 2.31. The molecule has 2 N–H and O–H groups in total. The molecule has 5 nitrogen and oxygen atoms in total. The van der Waals surface area contributed by atoms with E-state index in [0.29, 0.717) is 28.0 Å². The number of rotatable bonds is 5. The summed E-state index contributed by atoms with van der Waals surface area (Å²) in [5.74, 6) is -0.297. The van der Waals surface area contributed by atoms with Crippen LogP contribution in [0.1, 0.15) is 22.8 Å². The van der Waals surface area contributed by atoms with Gasteiger partial charge in [-0.3, -0.25) is 0 Å². The largest absolute Gasteiger partial charge is 0.493 e. The standard InChI is InChI=1S/C16H14Cl2N2O3/c1-2-22-14-6-4-3-5-12(14)16(21)23-20-15(19)11-8-7-10(17)9-13(11)18/h3-9H,2H2,1H3,(H2,19,20). The molecule has 2 aromatic rings. The summed E-state index contributed by atoms with van der Waals surface area (Å²) in [5, 5.41) is 4.40. The lowest BCUT2D eigenvalue weighted by molar-refractivity contribution is 0.0511. The number of para-hydroxylation sites is 1. The third-order valence-electron chi connectivity index (χ3n) is 2.84. The molecule has 0 atom stereocenters. The zero-order valence-electron chi connectivity index (χ0n) is 12.3. The molecule has 0 radical (unpaired) electrons. The van der Waals surface area contributed by atoms with E-state index in [4.69, 9.17) is 38.5 Å². The molecule has 0 amide bonds. The summed E-state index contributed by atoms with van der Waals surface area (Å²) in [6.07, 6.45) is 0. The average molecular weight is 353 g/mol. The van der Waals surface area contributed by atoms with E-state index in [-0.39, 0.29) is 11.4 Å². The Kier molecular flexibility index (Phi) is 5.84. The summed E-state index contributed by atoms with van der Waals surface area (Å²) >= 11 is 11.8. The van der Waals surface area contributed by atoms with E-state index in [1.165, 1.54) is 6.07 Å². The van der Waals surface area contributed by atoms with E-state index in [2.05, 4.69) is 5.16 Å². The first-order valence-corrected chi connectivity index (χ1v) is 7.50. The highest BCUT2D eigenvalue weighted by molar-refractivity contribution is 6.36. The van der Waals surface area contributed by atoms with Crippen LogP contribution in [0.15, 0.2) is 47.6 Å². The molecule has 0 saturated heterocycles. The maximum Gasteiger partial charge on any atom is 0.369 e. The van der Waals surface area contributed by atoms with E-state index >= 15 is 0 Å². The summed E-state index contributed by atoms with van der Waals surface area (Å²) in [6, 6.07) is 11.4. The molecular formula is C16H14Cl2N2O3. The number of benzene rings is 2. The van der Waals surface area contributed by atoms with Crippen LogP contribution in [0.2, 0.25) is 10.0 Å². The number of amidine groups is 1. The van der Waals surface area contributed by atoms with Crippen LogP contribution in [0.5, 0.6) is 5.75 Å². The molecule has 0 bridgehead atoms. The number of nitrogens with zero attached hydrogens (tertiary/aromatic N) is 1. The summed E-state index contributed by atoms with van der Waals surface area (Å²) < 4.78 is 5.37. The van der Waals surface area contributed by atoms with Crippen LogP contribution in [0, 0.1) is 0 Å². The van der Waals surface area contributed by atoms with E-state index in [9.17, 15) is 4.79 Å². The van der Waals surface area contributed by atoms with Gasteiger partial charge in [-0.15, -0.1) is 0 Å². The Morgan fingerprint density at radius 1 is 1.17 bits per heavy atom. The van der Waals surface area contributed by atoms with Gasteiger partial charge in [-0.25, -0.2) is 4.79 Å². The number of carbonyl (C=O) groups excluding carboxylic acids is 1. The van der Waals surface area contributed by atoms with Gasteiger partial charge in [0.05, 0.1) is 11.6 Å². The molecule has 2 aromatic carbocycles. The maximum absolute atomic E-state index is 12.1. The van der Waals surface area contributed by atoms with Gasteiger partial charge in [-0.2, -0.15) is 0 Å². The molecule has 0 aliphatic heterocycles. The Hall–Kier alpha value is -2.24. The minimum absolute atomic E-state index is 0.0334. The van der Waals surface area contributed by atoms with Gasteiger partial charge >= 0.3 is 5.97 Å². The fourth-order valence-electron chi connectivity index (χ4n) is 1.80. The van der Waals surface area contributed by atoms with E-state index in [0.717, 1.165) is 0 Å².